The van der Waals surface area contributed by atoms with Crippen LogP contribution in [0.25, 0.3) is 0 Å². The summed E-state index contributed by atoms with van der Waals surface area (Å²) in [4.78, 5) is 13.4. The lowest BCUT2D eigenvalue weighted by atomic mass is 10.3. The van der Waals surface area contributed by atoms with Crippen molar-refractivity contribution in [2.75, 3.05) is 0 Å². The summed E-state index contributed by atoms with van der Waals surface area (Å²) in [6, 6.07) is 6.00. The molecule has 1 rings (SSSR count). The first-order valence-electron chi connectivity index (χ1n) is 3.07. The topological polar surface area (TPSA) is 29.4 Å². The number of aldehydes is 1. The summed E-state index contributed by atoms with van der Waals surface area (Å²) in [5.74, 6) is -0.425. The van der Waals surface area contributed by atoms with Gasteiger partial charge >= 0.3 is 0 Å². The van der Waals surface area contributed by atoms with Crippen molar-refractivity contribution in [2.45, 2.75) is 0 Å². The van der Waals surface area contributed by atoms with Crippen molar-refractivity contribution in [2.24, 2.45) is 4.99 Å². The zero-order valence-electron chi connectivity index (χ0n) is 5.70. The van der Waals surface area contributed by atoms with E-state index in [2.05, 4.69) is 4.99 Å². The summed E-state index contributed by atoms with van der Waals surface area (Å²) in [6.07, 6.45) is 1.52. The SMILES string of the molecule is O=CC=Nc1ccccc1F. The number of carbonyl (C=O) groups is 1. The van der Waals surface area contributed by atoms with Crippen molar-refractivity contribution >= 4 is 18.2 Å². The zero-order chi connectivity index (χ0) is 8.10. The normalized spacial score (nSPS) is 10.3. The molecule has 0 saturated carbocycles. The quantitative estimate of drug-likeness (QED) is 0.467. The number of rotatable bonds is 2. The van der Waals surface area contributed by atoms with Gasteiger partial charge in [0.2, 0.25) is 0 Å². The minimum Gasteiger partial charge on any atom is -0.297 e. The smallest absolute Gasteiger partial charge is 0.161 e. The Morgan fingerprint density at radius 1 is 1.36 bits per heavy atom. The Morgan fingerprint density at radius 3 is 2.73 bits per heavy atom. The molecule has 0 N–H and O–H groups in total. The predicted molar refractivity (Wildman–Crippen MR) is 40.6 cm³/mol. The Labute approximate surface area is 63.4 Å². The highest BCUT2D eigenvalue weighted by Crippen LogP contribution is 2.14. The molecule has 2 nitrogen and oxygen atoms in total. The molecule has 0 atom stereocenters. The van der Waals surface area contributed by atoms with Gasteiger partial charge in [0.15, 0.2) is 6.29 Å². The van der Waals surface area contributed by atoms with E-state index in [9.17, 15) is 9.18 Å². The highest BCUT2D eigenvalue weighted by atomic mass is 19.1. The number of aliphatic imine (C=N–C) groups is 1. The van der Waals surface area contributed by atoms with Crippen LogP contribution in [-0.4, -0.2) is 12.5 Å². The fraction of sp³-hybridized carbons (Fsp3) is 0. The maximum absolute atomic E-state index is 12.7. The Morgan fingerprint density at radius 2 is 2.09 bits per heavy atom. The van der Waals surface area contributed by atoms with Crippen LogP contribution in [0.2, 0.25) is 0 Å². The fourth-order valence-corrected chi connectivity index (χ4v) is 0.667. The molecule has 0 fully saturated rings. The molecule has 56 valence electrons. The van der Waals surface area contributed by atoms with Crippen LogP contribution in [0.5, 0.6) is 0 Å². The van der Waals surface area contributed by atoms with Gasteiger partial charge in [0.1, 0.15) is 5.82 Å². The van der Waals surface area contributed by atoms with Gasteiger partial charge in [0.25, 0.3) is 0 Å². The third-order valence-corrected chi connectivity index (χ3v) is 1.13. The van der Waals surface area contributed by atoms with Crippen molar-refractivity contribution in [3.8, 4) is 0 Å². The molecular weight excluding hydrogens is 145 g/mol. The maximum atomic E-state index is 12.7. The minimum atomic E-state index is -0.425. The third-order valence-electron chi connectivity index (χ3n) is 1.13. The zero-order valence-corrected chi connectivity index (χ0v) is 5.70. The maximum Gasteiger partial charge on any atom is 0.161 e. The van der Waals surface area contributed by atoms with Crippen LogP contribution in [0.4, 0.5) is 10.1 Å². The molecule has 0 amide bonds. The lowest BCUT2D eigenvalue weighted by Crippen LogP contribution is -1.76. The lowest BCUT2D eigenvalue weighted by molar-refractivity contribution is -0.102. The summed E-state index contributed by atoms with van der Waals surface area (Å²) < 4.78 is 12.7. The molecule has 1 aromatic carbocycles. The van der Waals surface area contributed by atoms with E-state index >= 15 is 0 Å². The second-order valence-electron chi connectivity index (χ2n) is 1.87. The summed E-state index contributed by atoms with van der Waals surface area (Å²) in [6.45, 7) is 0. The molecular formula is C8H6FNO. The van der Waals surface area contributed by atoms with Gasteiger partial charge in [-0.2, -0.15) is 0 Å². The summed E-state index contributed by atoms with van der Waals surface area (Å²) >= 11 is 0. The predicted octanol–water partition coefficient (Wildman–Crippen LogP) is 1.73. The van der Waals surface area contributed by atoms with Gasteiger partial charge in [0.05, 0.1) is 11.9 Å². The molecule has 0 aliphatic carbocycles. The largest absolute Gasteiger partial charge is 0.297 e. The van der Waals surface area contributed by atoms with Crippen molar-refractivity contribution in [1.82, 2.24) is 0 Å². The molecule has 0 aromatic heterocycles. The van der Waals surface area contributed by atoms with Crippen molar-refractivity contribution in [3.63, 3.8) is 0 Å². The van der Waals surface area contributed by atoms with E-state index in [4.69, 9.17) is 0 Å². The number of para-hydroxylation sites is 1. The molecule has 0 saturated heterocycles. The average Bonchev–Trinajstić information content (AvgIpc) is 2.03. The molecule has 0 radical (unpaired) electrons. The molecule has 0 spiro atoms. The Hall–Kier alpha value is -1.51. The number of nitrogens with zero attached hydrogens (tertiary/aromatic N) is 1. The van der Waals surface area contributed by atoms with Crippen LogP contribution in [0.3, 0.4) is 0 Å². The number of carbonyl (C=O) groups excluding carboxylic acids is 1. The molecule has 0 bridgehead atoms. The van der Waals surface area contributed by atoms with Gasteiger partial charge < -0.3 is 0 Å². The summed E-state index contributed by atoms with van der Waals surface area (Å²) in [7, 11) is 0. The number of halogens is 1. The standard InChI is InChI=1S/C8H6FNO/c9-7-3-1-2-4-8(7)10-5-6-11/h1-6H. The summed E-state index contributed by atoms with van der Waals surface area (Å²) in [5, 5.41) is 0. The number of hydrogen-bond donors (Lipinski definition) is 0. The van der Waals surface area contributed by atoms with E-state index in [-0.39, 0.29) is 5.69 Å². The van der Waals surface area contributed by atoms with Crippen molar-refractivity contribution < 1.29 is 9.18 Å². The van der Waals surface area contributed by atoms with Gasteiger partial charge in [-0.15, -0.1) is 0 Å². The van der Waals surface area contributed by atoms with Crippen molar-refractivity contribution in [1.29, 1.82) is 0 Å². The second-order valence-corrected chi connectivity index (χ2v) is 1.87. The lowest BCUT2D eigenvalue weighted by Gasteiger charge is -1.91. The van der Waals surface area contributed by atoms with Crippen LogP contribution >= 0.6 is 0 Å². The van der Waals surface area contributed by atoms with E-state index in [1.165, 1.54) is 12.1 Å². The van der Waals surface area contributed by atoms with Gasteiger partial charge in [-0.3, -0.25) is 9.79 Å². The van der Waals surface area contributed by atoms with Crippen LogP contribution in [0, 0.1) is 5.82 Å². The molecule has 0 unspecified atom stereocenters. The Bertz CT molecular complexity index is 283. The van der Waals surface area contributed by atoms with E-state index in [1.54, 1.807) is 12.1 Å². The van der Waals surface area contributed by atoms with Crippen LogP contribution < -0.4 is 0 Å². The minimum absolute atomic E-state index is 0.180. The van der Waals surface area contributed by atoms with E-state index in [0.717, 1.165) is 6.21 Å². The monoisotopic (exact) mass is 151 g/mol. The Kier molecular flexibility index (Phi) is 2.49. The number of hydrogen-bond acceptors (Lipinski definition) is 2. The highest BCUT2D eigenvalue weighted by molar-refractivity contribution is 6.13. The average molecular weight is 151 g/mol. The van der Waals surface area contributed by atoms with Gasteiger partial charge in [-0.25, -0.2) is 4.39 Å². The molecule has 1 aromatic rings. The summed E-state index contributed by atoms with van der Waals surface area (Å²) in [5.41, 5.74) is 0.180. The number of benzene rings is 1. The molecule has 0 aliphatic heterocycles. The molecule has 3 heteroatoms. The second kappa shape index (κ2) is 3.61. The van der Waals surface area contributed by atoms with Crippen LogP contribution in [-0.2, 0) is 4.79 Å². The first-order chi connectivity index (χ1) is 5.34. The van der Waals surface area contributed by atoms with Gasteiger partial charge in [0, 0.05) is 0 Å². The molecule has 0 heterocycles. The molecule has 11 heavy (non-hydrogen) atoms. The van der Waals surface area contributed by atoms with Gasteiger partial charge in [-0.1, -0.05) is 12.1 Å². The first-order valence-corrected chi connectivity index (χ1v) is 3.07. The third kappa shape index (κ3) is 1.97. The van der Waals surface area contributed by atoms with E-state index in [1.807, 2.05) is 0 Å². The Balaban J connectivity index is 2.94. The molecule has 0 aliphatic rings. The highest BCUT2D eigenvalue weighted by Gasteiger charge is 1.94. The van der Waals surface area contributed by atoms with E-state index < -0.39 is 5.82 Å². The van der Waals surface area contributed by atoms with Crippen molar-refractivity contribution in [3.05, 3.63) is 30.1 Å². The fourth-order valence-electron chi connectivity index (χ4n) is 0.667. The van der Waals surface area contributed by atoms with Crippen LogP contribution in [0.15, 0.2) is 29.3 Å². The first kappa shape index (κ1) is 7.60. The van der Waals surface area contributed by atoms with Crippen LogP contribution in [0.1, 0.15) is 0 Å². The van der Waals surface area contributed by atoms with E-state index in [0.29, 0.717) is 6.29 Å². The van der Waals surface area contributed by atoms with Gasteiger partial charge in [-0.05, 0) is 12.1 Å².